The Morgan fingerprint density at radius 2 is 2.07 bits per heavy atom. The molecule has 0 radical (unpaired) electrons. The molecule has 0 rings (SSSR count). The number of hydrogen-bond acceptors (Lipinski definition) is 5. The van der Waals surface area contributed by atoms with E-state index in [0.29, 0.717) is 5.06 Å². The van der Waals surface area contributed by atoms with E-state index in [2.05, 4.69) is 9.35 Å². The fourth-order valence-electron chi connectivity index (χ4n) is 0.790. The first-order valence-corrected chi connectivity index (χ1v) is 4.93. The van der Waals surface area contributed by atoms with Gasteiger partial charge in [-0.05, 0) is 4.53 Å². The summed E-state index contributed by atoms with van der Waals surface area (Å²) in [5.74, 6) is 0. The van der Waals surface area contributed by atoms with Gasteiger partial charge >= 0.3 is 13.8 Å². The lowest BCUT2D eigenvalue weighted by atomic mass is 10.9. The van der Waals surface area contributed by atoms with E-state index < -0.39 is 7.82 Å². The molecule has 0 amide bonds. The zero-order valence-corrected chi connectivity index (χ0v) is 9.16. The van der Waals surface area contributed by atoms with Crippen molar-refractivity contribution in [2.24, 2.45) is 0 Å². The summed E-state index contributed by atoms with van der Waals surface area (Å²) >= 11 is 0. The van der Waals surface area contributed by atoms with Crippen molar-refractivity contribution < 1.29 is 32.6 Å². The van der Waals surface area contributed by atoms with E-state index in [4.69, 9.17) is 4.74 Å². The first-order chi connectivity index (χ1) is 6.34. The second-order valence-corrected chi connectivity index (χ2v) is 3.67. The van der Waals surface area contributed by atoms with Crippen molar-refractivity contribution in [1.29, 1.82) is 0 Å². The summed E-state index contributed by atoms with van der Waals surface area (Å²) in [6.07, 6.45) is 0. The van der Waals surface area contributed by atoms with Crippen molar-refractivity contribution in [3.05, 3.63) is 0 Å². The van der Waals surface area contributed by atoms with Crippen LogP contribution in [0.4, 0.5) is 4.53 Å². The zero-order chi connectivity index (χ0) is 11.4. The fourth-order valence-corrected chi connectivity index (χ4v) is 1.19. The Hall–Kier alpha value is -0.690. The molecule has 0 saturated heterocycles. The Bertz CT molecular complexity index is 267. The van der Waals surface area contributed by atoms with Crippen molar-refractivity contribution >= 4 is 13.8 Å². The lowest BCUT2D eigenvalue weighted by Gasteiger charge is -2.19. The van der Waals surface area contributed by atoms with Gasteiger partial charge in [0.05, 0.1) is 21.2 Å². The van der Waals surface area contributed by atoms with Gasteiger partial charge in [0.1, 0.15) is 7.05 Å². The highest BCUT2D eigenvalue weighted by atomic mass is 31.2. The quantitative estimate of drug-likeness (QED) is 0.214. The summed E-state index contributed by atoms with van der Waals surface area (Å²) in [4.78, 5) is 10.5. The minimum absolute atomic E-state index is 0.0677. The number of ether oxygens (including phenoxy) is 1. The molecule has 0 N–H and O–H groups in total. The highest BCUT2D eigenvalue weighted by molar-refractivity contribution is 7.45. The molecule has 0 aliphatic heterocycles. The van der Waals surface area contributed by atoms with Gasteiger partial charge in [-0.25, -0.2) is 4.58 Å². The van der Waals surface area contributed by atoms with E-state index in [1.807, 2.05) is 0 Å². The zero-order valence-electron chi connectivity index (χ0n) is 8.26. The van der Waals surface area contributed by atoms with Crippen LogP contribution in [0.2, 0.25) is 0 Å². The van der Waals surface area contributed by atoms with Gasteiger partial charge in [-0.3, -0.25) is 4.57 Å². The summed E-state index contributed by atoms with van der Waals surface area (Å²) in [6.45, 7) is 0. The maximum Gasteiger partial charge on any atom is 0.476 e. The number of halogens is 1. The van der Waals surface area contributed by atoms with E-state index in [1.54, 1.807) is 14.1 Å². The fraction of sp³-hybridized carbons (Fsp3) is 0.800. The van der Waals surface area contributed by atoms with Gasteiger partial charge in [0, 0.05) is 0 Å². The Balaban J connectivity index is 4.57. The van der Waals surface area contributed by atoms with Crippen LogP contribution >= 0.6 is 7.82 Å². The molecule has 7 nitrogen and oxygen atoms in total. The van der Waals surface area contributed by atoms with E-state index in [1.165, 1.54) is 18.7 Å². The molecule has 0 saturated carbocycles. The molecule has 0 bridgehead atoms. The Morgan fingerprint density at radius 1 is 1.57 bits per heavy atom. The molecule has 0 aromatic heterocycles. The summed E-state index contributed by atoms with van der Waals surface area (Å²) < 4.78 is 34.9. The third-order valence-corrected chi connectivity index (χ3v) is 1.76. The first kappa shape index (κ1) is 13.3. The first-order valence-electron chi connectivity index (χ1n) is 3.47. The maximum absolute atomic E-state index is 11.4. The number of hydroxylamine groups is 2. The third-order valence-electron chi connectivity index (χ3n) is 1.14. The lowest BCUT2D eigenvalue weighted by Crippen LogP contribution is -2.34. The summed E-state index contributed by atoms with van der Waals surface area (Å²) in [5, 5.41) is 0.716. The smallest absolute Gasteiger partial charge is 0.476 e. The van der Waals surface area contributed by atoms with Gasteiger partial charge in [-0.2, -0.15) is 0 Å². The predicted octanol–water partition coefficient (Wildman–Crippen LogP) is -0.506. The molecule has 84 valence electrons. The number of phosphoric acid groups is 1. The van der Waals surface area contributed by atoms with Crippen LogP contribution < -0.4 is 4.89 Å². The Morgan fingerprint density at radius 3 is 2.36 bits per heavy atom. The number of rotatable bonds is 3. The largest absolute Gasteiger partial charge is 0.752 e. The highest BCUT2D eigenvalue weighted by Gasteiger charge is 2.25. The lowest BCUT2D eigenvalue weighted by molar-refractivity contribution is -0.485. The standard InChI is InChI=1S/C5H12FN2O5P/c1-7(2)5(11-4)8(3)13-14(9,10)12-6/h1-4H3. The van der Waals surface area contributed by atoms with Gasteiger partial charge < -0.3 is 9.63 Å². The van der Waals surface area contributed by atoms with Crippen LogP contribution in [0.15, 0.2) is 0 Å². The third kappa shape index (κ3) is 4.01. The number of hydrogen-bond donors (Lipinski definition) is 0. The van der Waals surface area contributed by atoms with E-state index >= 15 is 0 Å². The van der Waals surface area contributed by atoms with Crippen molar-refractivity contribution in [1.82, 2.24) is 5.06 Å². The van der Waals surface area contributed by atoms with Crippen LogP contribution in [-0.4, -0.2) is 43.9 Å². The molecule has 0 spiro atoms. The topological polar surface area (TPSA) is 74.1 Å². The van der Waals surface area contributed by atoms with E-state index in [-0.39, 0.29) is 6.02 Å². The molecule has 1 unspecified atom stereocenters. The molecule has 0 aromatic rings. The second-order valence-electron chi connectivity index (χ2n) is 2.48. The van der Waals surface area contributed by atoms with Gasteiger partial charge in [-0.1, -0.05) is 5.06 Å². The molecule has 0 aliphatic carbocycles. The number of amidine groups is 1. The predicted molar refractivity (Wildman–Crippen MR) is 42.8 cm³/mol. The van der Waals surface area contributed by atoms with Gasteiger partial charge in [0.25, 0.3) is 0 Å². The van der Waals surface area contributed by atoms with Crippen LogP contribution in [0, 0.1) is 0 Å². The SMILES string of the molecule is COC(N(C)OP(=O)([O-])OF)=[N+](C)C. The average Bonchev–Trinajstić information content (AvgIpc) is 2.03. The van der Waals surface area contributed by atoms with Crippen LogP contribution in [-0.2, 0) is 18.7 Å². The van der Waals surface area contributed by atoms with Crippen molar-refractivity contribution in [3.63, 3.8) is 0 Å². The van der Waals surface area contributed by atoms with Crippen molar-refractivity contribution in [2.45, 2.75) is 0 Å². The minimum atomic E-state index is -4.95. The van der Waals surface area contributed by atoms with Crippen LogP contribution in [0.3, 0.4) is 0 Å². The molecule has 14 heavy (non-hydrogen) atoms. The summed E-state index contributed by atoms with van der Waals surface area (Å²) in [5.41, 5.74) is 0. The van der Waals surface area contributed by atoms with Crippen LogP contribution in [0.25, 0.3) is 0 Å². The van der Waals surface area contributed by atoms with Crippen LogP contribution in [0.5, 0.6) is 0 Å². The molecular formula is C5H12FN2O5P. The highest BCUT2D eigenvalue weighted by Crippen LogP contribution is 2.39. The Kier molecular flexibility index (Phi) is 5.00. The van der Waals surface area contributed by atoms with E-state index in [0.717, 1.165) is 0 Å². The second kappa shape index (κ2) is 5.26. The summed E-state index contributed by atoms with van der Waals surface area (Å²) in [6, 6.07) is 0.0677. The molecule has 0 heterocycles. The Labute approximate surface area is 80.8 Å². The van der Waals surface area contributed by atoms with Crippen molar-refractivity contribution in [2.75, 3.05) is 28.3 Å². The normalized spacial score (nSPS) is 14.4. The minimum Gasteiger partial charge on any atom is -0.752 e. The molecule has 9 heteroatoms. The number of nitrogens with zero attached hydrogens (tertiary/aromatic N) is 2. The molecule has 0 aromatic carbocycles. The van der Waals surface area contributed by atoms with E-state index in [9.17, 15) is 14.0 Å². The molecule has 0 aliphatic rings. The monoisotopic (exact) mass is 230 g/mol. The molecule has 0 fully saturated rings. The molecule has 1 atom stereocenters. The van der Waals surface area contributed by atoms with Crippen molar-refractivity contribution in [3.8, 4) is 0 Å². The summed E-state index contributed by atoms with van der Waals surface area (Å²) in [7, 11) is 0.753. The molecular weight excluding hydrogens is 218 g/mol. The van der Waals surface area contributed by atoms with Crippen LogP contribution in [0.1, 0.15) is 0 Å². The van der Waals surface area contributed by atoms with Gasteiger partial charge in [0.2, 0.25) is 0 Å². The maximum atomic E-state index is 11.4. The van der Waals surface area contributed by atoms with Gasteiger partial charge in [-0.15, -0.1) is 9.35 Å². The van der Waals surface area contributed by atoms with Gasteiger partial charge in [0.15, 0.2) is 0 Å². The number of methoxy groups -OCH3 is 1. The average molecular weight is 230 g/mol.